The molecule has 8 nitrogen and oxygen atoms in total. The van der Waals surface area contributed by atoms with Gasteiger partial charge in [-0.1, -0.05) is 19.6 Å². The quantitative estimate of drug-likeness (QED) is 0.323. The van der Waals surface area contributed by atoms with E-state index in [2.05, 4.69) is 72.8 Å². The van der Waals surface area contributed by atoms with Crippen molar-refractivity contribution in [2.24, 2.45) is 0 Å². The molecule has 3 heterocycles. The molecule has 0 radical (unpaired) electrons. The highest BCUT2D eigenvalue weighted by Crippen LogP contribution is 2.25. The molecule has 0 aliphatic rings. The lowest BCUT2D eigenvalue weighted by molar-refractivity contribution is 0.0815. The van der Waals surface area contributed by atoms with Gasteiger partial charge in [0.25, 0.3) is 0 Å². The summed E-state index contributed by atoms with van der Waals surface area (Å²) in [4.78, 5) is 8.71. The SMILES string of the molecule is C[Si](C)(C)CCOCn1nc(I)c2ncnc(Nc3ccnnc3)c21. The van der Waals surface area contributed by atoms with Crippen LogP contribution in [0.1, 0.15) is 0 Å². The summed E-state index contributed by atoms with van der Waals surface area (Å²) in [5, 5.41) is 15.4. The Bertz CT molecular complexity index is 850. The summed E-state index contributed by atoms with van der Waals surface area (Å²) in [6, 6.07) is 2.95. The van der Waals surface area contributed by atoms with Crippen LogP contribution in [-0.4, -0.2) is 44.6 Å². The fraction of sp³-hybridized carbons (Fsp3) is 0.400. The molecular formula is C15H20IN7OSi. The molecule has 0 spiro atoms. The van der Waals surface area contributed by atoms with E-state index in [4.69, 9.17) is 4.74 Å². The molecule has 3 aromatic heterocycles. The maximum Gasteiger partial charge on any atom is 0.160 e. The lowest BCUT2D eigenvalue weighted by atomic mass is 10.4. The molecule has 0 amide bonds. The number of halogens is 1. The zero-order chi connectivity index (χ0) is 17.9. The molecule has 0 aromatic carbocycles. The van der Waals surface area contributed by atoms with Gasteiger partial charge >= 0.3 is 0 Å². The number of nitrogens with one attached hydrogen (secondary N) is 1. The summed E-state index contributed by atoms with van der Waals surface area (Å²) in [7, 11) is -1.11. The molecule has 10 heteroatoms. The molecule has 0 bridgehead atoms. The largest absolute Gasteiger partial charge is 0.360 e. The van der Waals surface area contributed by atoms with Crippen LogP contribution in [0.4, 0.5) is 11.5 Å². The number of anilines is 2. The van der Waals surface area contributed by atoms with Crippen LogP contribution in [0, 0.1) is 3.70 Å². The molecule has 0 atom stereocenters. The maximum absolute atomic E-state index is 5.85. The minimum absolute atomic E-state index is 0.376. The van der Waals surface area contributed by atoms with Gasteiger partial charge in [0, 0.05) is 14.7 Å². The van der Waals surface area contributed by atoms with E-state index in [1.807, 2.05) is 6.07 Å². The molecule has 3 aromatic rings. The van der Waals surface area contributed by atoms with E-state index in [1.165, 1.54) is 6.33 Å². The molecule has 0 fully saturated rings. The summed E-state index contributed by atoms with van der Waals surface area (Å²) in [6.45, 7) is 8.11. The number of nitrogens with zero attached hydrogens (tertiary/aromatic N) is 6. The molecule has 0 aliphatic heterocycles. The van der Waals surface area contributed by atoms with Crippen molar-refractivity contribution in [3.05, 3.63) is 28.5 Å². The first-order chi connectivity index (χ1) is 11.9. The standard InChI is InChI=1S/C15H20IN7OSi/c1-25(2,3)7-6-24-10-23-13-12(14(16)22-23)17-9-18-15(13)21-11-4-5-19-20-8-11/h4-5,8-9H,6-7,10H2,1-3H3,(H,17,18,19,21). The lowest BCUT2D eigenvalue weighted by Crippen LogP contribution is -2.22. The third-order valence-corrected chi connectivity index (χ3v) is 5.97. The van der Waals surface area contributed by atoms with Crippen molar-refractivity contribution < 1.29 is 4.74 Å². The van der Waals surface area contributed by atoms with Crippen LogP contribution in [-0.2, 0) is 11.5 Å². The molecule has 25 heavy (non-hydrogen) atoms. The first-order valence-corrected chi connectivity index (χ1v) is 12.7. The number of rotatable bonds is 7. The molecule has 0 unspecified atom stereocenters. The van der Waals surface area contributed by atoms with Crippen molar-refractivity contribution in [3.8, 4) is 0 Å². The molecule has 0 saturated heterocycles. The molecule has 0 aliphatic carbocycles. The summed E-state index contributed by atoms with van der Waals surface area (Å²) in [5.41, 5.74) is 2.42. The highest BCUT2D eigenvalue weighted by Gasteiger charge is 2.16. The fourth-order valence-corrected chi connectivity index (χ4v) is 3.61. The maximum atomic E-state index is 5.85. The third-order valence-electron chi connectivity index (χ3n) is 3.54. The number of ether oxygens (including phenoxy) is 1. The Balaban J connectivity index is 1.83. The number of fused-ring (bicyclic) bond motifs is 1. The van der Waals surface area contributed by atoms with Crippen molar-refractivity contribution in [2.75, 3.05) is 11.9 Å². The monoisotopic (exact) mass is 469 g/mol. The van der Waals surface area contributed by atoms with Crippen LogP contribution in [0.3, 0.4) is 0 Å². The summed E-state index contributed by atoms with van der Waals surface area (Å²) < 4.78 is 8.47. The van der Waals surface area contributed by atoms with Crippen LogP contribution in [0.5, 0.6) is 0 Å². The van der Waals surface area contributed by atoms with Gasteiger partial charge in [-0.15, -0.1) is 0 Å². The minimum atomic E-state index is -1.11. The lowest BCUT2D eigenvalue weighted by Gasteiger charge is -2.15. The number of aromatic nitrogens is 6. The van der Waals surface area contributed by atoms with Gasteiger partial charge in [0.2, 0.25) is 0 Å². The van der Waals surface area contributed by atoms with Gasteiger partial charge < -0.3 is 10.1 Å². The van der Waals surface area contributed by atoms with Gasteiger partial charge in [-0.25, -0.2) is 14.6 Å². The predicted octanol–water partition coefficient (Wildman–Crippen LogP) is 3.28. The van der Waals surface area contributed by atoms with Crippen molar-refractivity contribution in [2.45, 2.75) is 32.4 Å². The van der Waals surface area contributed by atoms with E-state index in [-0.39, 0.29) is 0 Å². The van der Waals surface area contributed by atoms with Gasteiger partial charge in [-0.2, -0.15) is 15.3 Å². The predicted molar refractivity (Wildman–Crippen MR) is 107 cm³/mol. The van der Waals surface area contributed by atoms with E-state index in [0.717, 1.165) is 33.1 Å². The zero-order valence-corrected chi connectivity index (χ0v) is 17.6. The normalized spacial score (nSPS) is 11.8. The fourth-order valence-electron chi connectivity index (χ4n) is 2.19. The Morgan fingerprint density at radius 2 is 2.08 bits per heavy atom. The molecule has 3 rings (SSSR count). The molecule has 0 saturated carbocycles. The van der Waals surface area contributed by atoms with Gasteiger partial charge in [0.15, 0.2) is 5.82 Å². The van der Waals surface area contributed by atoms with E-state index in [9.17, 15) is 0 Å². The summed E-state index contributed by atoms with van der Waals surface area (Å²) >= 11 is 2.18. The van der Waals surface area contributed by atoms with Crippen LogP contribution in [0.25, 0.3) is 11.0 Å². The second kappa shape index (κ2) is 7.70. The van der Waals surface area contributed by atoms with E-state index in [0.29, 0.717) is 12.5 Å². The van der Waals surface area contributed by atoms with Gasteiger partial charge in [0.1, 0.15) is 27.8 Å². The Labute approximate surface area is 160 Å². The van der Waals surface area contributed by atoms with Crippen molar-refractivity contribution in [3.63, 3.8) is 0 Å². The van der Waals surface area contributed by atoms with Gasteiger partial charge in [0.05, 0.1) is 18.1 Å². The van der Waals surface area contributed by atoms with Crippen LogP contribution < -0.4 is 5.32 Å². The topological polar surface area (TPSA) is 90.6 Å². The van der Waals surface area contributed by atoms with Crippen molar-refractivity contribution >= 4 is 53.2 Å². The van der Waals surface area contributed by atoms with Gasteiger partial charge in [-0.3, -0.25) is 0 Å². The van der Waals surface area contributed by atoms with Crippen molar-refractivity contribution in [1.29, 1.82) is 0 Å². The Morgan fingerprint density at radius 3 is 2.80 bits per heavy atom. The second-order valence-corrected chi connectivity index (χ2v) is 13.5. The first kappa shape index (κ1) is 18.1. The number of hydrogen-bond acceptors (Lipinski definition) is 7. The Morgan fingerprint density at radius 1 is 1.24 bits per heavy atom. The Kier molecular flexibility index (Phi) is 5.59. The van der Waals surface area contributed by atoms with Crippen LogP contribution >= 0.6 is 22.6 Å². The minimum Gasteiger partial charge on any atom is -0.360 e. The first-order valence-electron chi connectivity index (χ1n) is 7.92. The van der Waals surface area contributed by atoms with E-state index >= 15 is 0 Å². The second-order valence-electron chi connectivity index (χ2n) is 6.81. The summed E-state index contributed by atoms with van der Waals surface area (Å²) in [5.74, 6) is 0.669. The zero-order valence-electron chi connectivity index (χ0n) is 14.4. The average molecular weight is 469 g/mol. The average Bonchev–Trinajstić information content (AvgIpc) is 2.89. The Hall–Kier alpha value is -1.66. The van der Waals surface area contributed by atoms with E-state index in [1.54, 1.807) is 17.1 Å². The third kappa shape index (κ3) is 4.70. The van der Waals surface area contributed by atoms with Crippen molar-refractivity contribution in [1.82, 2.24) is 29.9 Å². The van der Waals surface area contributed by atoms with Crippen LogP contribution in [0.2, 0.25) is 25.7 Å². The van der Waals surface area contributed by atoms with Crippen LogP contribution in [0.15, 0.2) is 24.8 Å². The molecule has 1 N–H and O–H groups in total. The molecule has 132 valence electrons. The number of hydrogen-bond donors (Lipinski definition) is 1. The molecular weight excluding hydrogens is 449 g/mol. The van der Waals surface area contributed by atoms with E-state index < -0.39 is 8.07 Å². The van der Waals surface area contributed by atoms with Gasteiger partial charge in [-0.05, 0) is 34.7 Å². The smallest absolute Gasteiger partial charge is 0.160 e. The highest BCUT2D eigenvalue weighted by atomic mass is 127. The highest BCUT2D eigenvalue weighted by molar-refractivity contribution is 14.1. The summed E-state index contributed by atoms with van der Waals surface area (Å²) in [6.07, 6.45) is 4.80.